The average molecular weight is 275 g/mol. The maximum atomic E-state index is 12.8. The zero-order chi connectivity index (χ0) is 13.9. The molecule has 0 aliphatic carbocycles. The maximum Gasteiger partial charge on any atom is 0.245 e. The van der Waals surface area contributed by atoms with E-state index in [0.29, 0.717) is 0 Å². The van der Waals surface area contributed by atoms with Crippen molar-refractivity contribution in [2.45, 2.75) is 4.90 Å². The number of carbonyl (C=O) groups excluding carboxylic acids is 1. The van der Waals surface area contributed by atoms with Gasteiger partial charge in [0.25, 0.3) is 0 Å². The van der Waals surface area contributed by atoms with Gasteiger partial charge in [0.15, 0.2) is 0 Å². The van der Waals surface area contributed by atoms with Gasteiger partial charge in [-0.15, -0.1) is 0 Å². The topological polar surface area (TPSA) is 92.5 Å². The van der Waals surface area contributed by atoms with Crippen molar-refractivity contribution in [2.24, 2.45) is 0 Å². The second kappa shape index (κ2) is 5.32. The van der Waals surface area contributed by atoms with E-state index in [1.165, 1.54) is 14.1 Å². The molecule has 6 nitrogen and oxygen atoms in total. The van der Waals surface area contributed by atoms with Gasteiger partial charge in [0.1, 0.15) is 10.7 Å². The van der Waals surface area contributed by atoms with Gasteiger partial charge in [-0.1, -0.05) is 0 Å². The van der Waals surface area contributed by atoms with Crippen molar-refractivity contribution in [3.05, 3.63) is 24.0 Å². The van der Waals surface area contributed by atoms with E-state index in [1.54, 1.807) is 0 Å². The number of benzene rings is 1. The zero-order valence-electron chi connectivity index (χ0n) is 9.97. The molecular formula is C10H14FN3O3S. The summed E-state index contributed by atoms with van der Waals surface area (Å²) in [5, 5.41) is 2.31. The number of carbonyl (C=O) groups is 1. The van der Waals surface area contributed by atoms with Crippen LogP contribution in [-0.4, -0.2) is 39.3 Å². The van der Waals surface area contributed by atoms with Crippen LogP contribution >= 0.6 is 0 Å². The molecule has 0 spiro atoms. The summed E-state index contributed by atoms with van der Waals surface area (Å²) in [6, 6.07) is 2.98. The van der Waals surface area contributed by atoms with E-state index in [9.17, 15) is 17.6 Å². The third-order valence-corrected chi connectivity index (χ3v) is 4.18. The fraction of sp³-hybridized carbons (Fsp3) is 0.300. The number of halogens is 1. The quantitative estimate of drug-likeness (QED) is 0.743. The van der Waals surface area contributed by atoms with Crippen molar-refractivity contribution in [3.63, 3.8) is 0 Å². The van der Waals surface area contributed by atoms with E-state index in [-0.39, 0.29) is 17.1 Å². The maximum absolute atomic E-state index is 12.8. The van der Waals surface area contributed by atoms with Gasteiger partial charge in [0, 0.05) is 14.1 Å². The van der Waals surface area contributed by atoms with Crippen LogP contribution in [0.15, 0.2) is 23.1 Å². The highest BCUT2D eigenvalue weighted by molar-refractivity contribution is 7.89. The Bertz CT molecular complexity index is 559. The standard InChI is InChI=1S/C10H14FN3O3S/c1-13-10(15)6-14(2)18(16,17)9-4-3-7(11)5-8(9)12/h3-5H,6,12H2,1-2H3,(H,13,15). The molecule has 1 rings (SSSR count). The zero-order valence-corrected chi connectivity index (χ0v) is 10.8. The Morgan fingerprint density at radius 2 is 2.11 bits per heavy atom. The molecule has 1 amide bonds. The molecule has 0 heterocycles. The largest absolute Gasteiger partial charge is 0.398 e. The first kappa shape index (κ1) is 14.4. The van der Waals surface area contributed by atoms with Gasteiger partial charge in [-0.3, -0.25) is 4.79 Å². The number of rotatable bonds is 4. The number of nitrogens with one attached hydrogen (secondary N) is 1. The van der Waals surface area contributed by atoms with Gasteiger partial charge in [0.2, 0.25) is 15.9 Å². The highest BCUT2D eigenvalue weighted by Crippen LogP contribution is 2.22. The van der Waals surface area contributed by atoms with E-state index in [0.717, 1.165) is 22.5 Å². The Kier molecular flexibility index (Phi) is 4.25. The van der Waals surface area contributed by atoms with E-state index < -0.39 is 21.7 Å². The van der Waals surface area contributed by atoms with E-state index >= 15 is 0 Å². The average Bonchev–Trinajstić information content (AvgIpc) is 2.28. The fourth-order valence-corrected chi connectivity index (χ4v) is 2.51. The molecule has 0 bridgehead atoms. The van der Waals surface area contributed by atoms with Crippen LogP contribution < -0.4 is 11.1 Å². The number of anilines is 1. The fourth-order valence-electron chi connectivity index (χ4n) is 1.29. The molecular weight excluding hydrogens is 261 g/mol. The smallest absolute Gasteiger partial charge is 0.245 e. The predicted molar refractivity (Wildman–Crippen MR) is 64.7 cm³/mol. The number of nitrogen functional groups attached to an aromatic ring is 1. The first-order chi connectivity index (χ1) is 8.28. The molecule has 18 heavy (non-hydrogen) atoms. The molecule has 0 atom stereocenters. The number of nitrogens with two attached hydrogens (primary N) is 1. The van der Waals surface area contributed by atoms with Crippen molar-refractivity contribution in [1.82, 2.24) is 9.62 Å². The minimum Gasteiger partial charge on any atom is -0.398 e. The molecule has 3 N–H and O–H groups in total. The van der Waals surface area contributed by atoms with Crippen LogP contribution in [0.5, 0.6) is 0 Å². The number of amides is 1. The summed E-state index contributed by atoms with van der Waals surface area (Å²) in [7, 11) is -1.27. The van der Waals surface area contributed by atoms with Gasteiger partial charge >= 0.3 is 0 Å². The predicted octanol–water partition coefficient (Wildman–Crippen LogP) is -0.226. The van der Waals surface area contributed by atoms with Gasteiger partial charge < -0.3 is 11.1 Å². The molecule has 0 radical (unpaired) electrons. The van der Waals surface area contributed by atoms with Crippen LogP contribution in [0.2, 0.25) is 0 Å². The van der Waals surface area contributed by atoms with Crippen molar-refractivity contribution in [2.75, 3.05) is 26.4 Å². The van der Waals surface area contributed by atoms with Crippen LogP contribution in [-0.2, 0) is 14.8 Å². The lowest BCUT2D eigenvalue weighted by molar-refractivity contribution is -0.120. The Balaban J connectivity index is 3.09. The molecule has 1 aromatic carbocycles. The van der Waals surface area contributed by atoms with Crippen molar-refractivity contribution >= 4 is 21.6 Å². The van der Waals surface area contributed by atoms with Crippen LogP contribution in [0.25, 0.3) is 0 Å². The van der Waals surface area contributed by atoms with Crippen molar-refractivity contribution in [3.8, 4) is 0 Å². The number of likely N-dealkylation sites (N-methyl/N-ethyl adjacent to an activating group) is 2. The highest BCUT2D eigenvalue weighted by atomic mass is 32.2. The van der Waals surface area contributed by atoms with Crippen LogP contribution in [0, 0.1) is 5.82 Å². The Hall–Kier alpha value is -1.67. The molecule has 1 aromatic rings. The van der Waals surface area contributed by atoms with Crippen molar-refractivity contribution in [1.29, 1.82) is 0 Å². The number of hydrogen-bond acceptors (Lipinski definition) is 4. The molecule has 0 unspecified atom stereocenters. The number of sulfonamides is 1. The summed E-state index contributed by atoms with van der Waals surface area (Å²) >= 11 is 0. The second-order valence-electron chi connectivity index (χ2n) is 3.62. The lowest BCUT2D eigenvalue weighted by atomic mass is 10.3. The third-order valence-electron chi connectivity index (χ3n) is 2.31. The van der Waals surface area contributed by atoms with Crippen molar-refractivity contribution < 1.29 is 17.6 Å². The Labute approximate surface area is 105 Å². The SMILES string of the molecule is CNC(=O)CN(C)S(=O)(=O)c1ccc(F)cc1N. The van der Waals surface area contributed by atoms with Crippen LogP contribution in [0.4, 0.5) is 10.1 Å². The van der Waals surface area contributed by atoms with E-state index in [1.807, 2.05) is 0 Å². The summed E-state index contributed by atoms with van der Waals surface area (Å²) in [6.07, 6.45) is 0. The molecule has 0 saturated carbocycles. The first-order valence-corrected chi connectivity index (χ1v) is 6.45. The second-order valence-corrected chi connectivity index (χ2v) is 5.63. The summed E-state index contributed by atoms with van der Waals surface area (Å²) in [4.78, 5) is 10.9. The summed E-state index contributed by atoms with van der Waals surface area (Å²) in [5.74, 6) is -1.08. The third kappa shape index (κ3) is 2.96. The van der Waals surface area contributed by atoms with Gasteiger partial charge in [0.05, 0.1) is 12.2 Å². The summed E-state index contributed by atoms with van der Waals surface area (Å²) < 4.78 is 37.8. The number of hydrogen-bond donors (Lipinski definition) is 2. The summed E-state index contributed by atoms with van der Waals surface area (Å²) in [6.45, 7) is -0.338. The number of nitrogens with zero attached hydrogens (tertiary/aromatic N) is 1. The first-order valence-electron chi connectivity index (χ1n) is 5.01. The minimum absolute atomic E-state index is 0.196. The molecule has 0 fully saturated rings. The van der Waals surface area contributed by atoms with E-state index in [4.69, 9.17) is 5.73 Å². The lowest BCUT2D eigenvalue weighted by Gasteiger charge is -2.17. The van der Waals surface area contributed by atoms with Gasteiger partial charge in [-0.2, -0.15) is 4.31 Å². The van der Waals surface area contributed by atoms with Crippen LogP contribution in [0.1, 0.15) is 0 Å². The molecule has 8 heteroatoms. The monoisotopic (exact) mass is 275 g/mol. The van der Waals surface area contributed by atoms with E-state index in [2.05, 4.69) is 5.32 Å². The summed E-state index contributed by atoms with van der Waals surface area (Å²) in [5.41, 5.74) is 5.27. The van der Waals surface area contributed by atoms with Gasteiger partial charge in [-0.05, 0) is 18.2 Å². The normalized spacial score (nSPS) is 11.6. The lowest BCUT2D eigenvalue weighted by Crippen LogP contribution is -2.37. The minimum atomic E-state index is -3.91. The molecule has 0 aliphatic heterocycles. The highest BCUT2D eigenvalue weighted by Gasteiger charge is 2.24. The Morgan fingerprint density at radius 1 is 1.50 bits per heavy atom. The van der Waals surface area contributed by atoms with Gasteiger partial charge in [-0.25, -0.2) is 12.8 Å². The Morgan fingerprint density at radius 3 is 2.61 bits per heavy atom. The molecule has 0 aromatic heterocycles. The molecule has 0 saturated heterocycles. The van der Waals surface area contributed by atoms with Crippen LogP contribution in [0.3, 0.4) is 0 Å². The molecule has 100 valence electrons. The molecule has 0 aliphatic rings.